The van der Waals surface area contributed by atoms with E-state index in [-0.39, 0.29) is 11.9 Å². The number of amides is 1. The molecule has 1 amide bonds. The summed E-state index contributed by atoms with van der Waals surface area (Å²) in [5.74, 6) is 1.98. The number of rotatable bonds is 6. The Bertz CT molecular complexity index is 987. The average molecular weight is 398 g/mol. The molecule has 0 saturated heterocycles. The number of carbonyl (C=O) groups excluding carboxylic acids is 1. The van der Waals surface area contributed by atoms with Crippen molar-refractivity contribution in [2.45, 2.75) is 37.8 Å². The van der Waals surface area contributed by atoms with Gasteiger partial charge in [-0.1, -0.05) is 6.58 Å². The molecule has 9 heteroatoms. The fraction of sp³-hybridized carbons (Fsp3) is 0.368. The zero-order chi connectivity index (χ0) is 19.5. The van der Waals surface area contributed by atoms with Gasteiger partial charge in [0, 0.05) is 25.3 Å². The average Bonchev–Trinajstić information content (AvgIpc) is 3.32. The maximum atomic E-state index is 11.5. The lowest BCUT2D eigenvalue weighted by atomic mass is 9.91. The molecule has 0 atom stereocenters. The molecule has 0 spiro atoms. The molecule has 1 aliphatic carbocycles. The second-order valence-corrected chi connectivity index (χ2v) is 7.90. The lowest BCUT2D eigenvalue weighted by molar-refractivity contribution is -0.117. The second-order valence-electron chi connectivity index (χ2n) is 6.99. The lowest BCUT2D eigenvalue weighted by Gasteiger charge is -2.29. The van der Waals surface area contributed by atoms with Crippen LogP contribution in [0.3, 0.4) is 0 Å². The third-order valence-electron chi connectivity index (χ3n) is 4.85. The van der Waals surface area contributed by atoms with Crippen LogP contribution in [0.5, 0.6) is 0 Å². The number of aromatic nitrogens is 4. The number of fused-ring (bicyclic) bond motifs is 1. The third-order valence-corrected chi connectivity index (χ3v) is 5.76. The van der Waals surface area contributed by atoms with Crippen LogP contribution in [0.1, 0.15) is 25.7 Å². The number of nitrogens with one attached hydrogen (secondary N) is 3. The second kappa shape index (κ2) is 7.97. The Labute approximate surface area is 167 Å². The molecule has 1 fully saturated rings. The first-order valence-electron chi connectivity index (χ1n) is 9.30. The highest BCUT2D eigenvalue weighted by molar-refractivity contribution is 7.17. The van der Waals surface area contributed by atoms with Crippen LogP contribution >= 0.6 is 11.3 Å². The molecule has 8 nitrogen and oxygen atoms in total. The number of carbonyl (C=O) groups is 1. The van der Waals surface area contributed by atoms with Gasteiger partial charge in [-0.05, 0) is 43.2 Å². The topological polar surface area (TPSA) is 96.8 Å². The van der Waals surface area contributed by atoms with Crippen molar-refractivity contribution in [3.8, 4) is 0 Å². The Hall–Kier alpha value is -2.94. The fourth-order valence-electron chi connectivity index (χ4n) is 3.44. The largest absolute Gasteiger partial charge is 0.366 e. The number of thiophene rings is 1. The van der Waals surface area contributed by atoms with Crippen molar-refractivity contribution in [2.75, 3.05) is 10.6 Å². The van der Waals surface area contributed by atoms with E-state index in [0.717, 1.165) is 41.7 Å². The summed E-state index contributed by atoms with van der Waals surface area (Å²) in [4.78, 5) is 25.0. The van der Waals surface area contributed by atoms with E-state index in [1.54, 1.807) is 17.7 Å². The van der Waals surface area contributed by atoms with E-state index < -0.39 is 0 Å². The molecule has 28 heavy (non-hydrogen) atoms. The van der Waals surface area contributed by atoms with Gasteiger partial charge in [-0.2, -0.15) is 4.98 Å². The number of hydrogen-bond donors (Lipinski definition) is 3. The first kappa shape index (κ1) is 18.4. The van der Waals surface area contributed by atoms with Gasteiger partial charge in [0.1, 0.15) is 5.82 Å². The van der Waals surface area contributed by atoms with Crippen LogP contribution < -0.4 is 16.0 Å². The third kappa shape index (κ3) is 4.14. The summed E-state index contributed by atoms with van der Waals surface area (Å²) in [6.45, 7) is 3.51. The summed E-state index contributed by atoms with van der Waals surface area (Å²) in [6, 6.07) is 2.54. The zero-order valence-corrected chi connectivity index (χ0v) is 16.5. The highest BCUT2D eigenvalue weighted by Crippen LogP contribution is 2.30. The Morgan fingerprint density at radius 3 is 2.79 bits per heavy atom. The van der Waals surface area contributed by atoms with Gasteiger partial charge in [0.15, 0.2) is 5.82 Å². The SMILES string of the molecule is C=CC(=O)NC1CCC(Nc2nc(Nc3cn(C)cn3)nc3ccsc23)CC1. The predicted molar refractivity (Wildman–Crippen MR) is 112 cm³/mol. The Kier molecular flexibility index (Phi) is 5.25. The minimum absolute atomic E-state index is 0.0993. The van der Waals surface area contributed by atoms with Crippen molar-refractivity contribution in [1.29, 1.82) is 0 Å². The summed E-state index contributed by atoms with van der Waals surface area (Å²) in [7, 11) is 1.92. The van der Waals surface area contributed by atoms with Gasteiger partial charge < -0.3 is 20.5 Å². The number of aryl methyl sites for hydroxylation is 1. The van der Waals surface area contributed by atoms with E-state index in [1.165, 1.54) is 6.08 Å². The van der Waals surface area contributed by atoms with Gasteiger partial charge in [0.25, 0.3) is 0 Å². The normalized spacial score (nSPS) is 19.3. The van der Waals surface area contributed by atoms with E-state index >= 15 is 0 Å². The molecular formula is C19H23N7OS. The van der Waals surface area contributed by atoms with Crippen molar-refractivity contribution in [2.24, 2.45) is 7.05 Å². The standard InChI is InChI=1S/C19H23N7OS/c1-3-16(27)21-12-4-6-13(7-5-12)22-18-17-14(8-9-28-17)23-19(25-18)24-15-10-26(2)11-20-15/h3,8-13H,1,4-7H2,2H3,(H,21,27)(H2,22,23,24,25). The number of nitrogens with zero attached hydrogens (tertiary/aromatic N) is 4. The molecule has 1 aliphatic rings. The zero-order valence-electron chi connectivity index (χ0n) is 15.7. The van der Waals surface area contributed by atoms with Crippen molar-refractivity contribution < 1.29 is 4.79 Å². The van der Waals surface area contributed by atoms with Crippen molar-refractivity contribution >= 4 is 45.0 Å². The van der Waals surface area contributed by atoms with Crippen LogP contribution in [0.25, 0.3) is 10.2 Å². The van der Waals surface area contributed by atoms with E-state index in [2.05, 4.69) is 32.5 Å². The van der Waals surface area contributed by atoms with Crippen LogP contribution in [0, 0.1) is 0 Å². The molecule has 0 bridgehead atoms. The summed E-state index contributed by atoms with van der Waals surface area (Å²) in [6.07, 6.45) is 8.77. The molecular weight excluding hydrogens is 374 g/mol. The quantitative estimate of drug-likeness (QED) is 0.553. The minimum Gasteiger partial charge on any atom is -0.366 e. The van der Waals surface area contributed by atoms with Crippen LogP contribution in [0.2, 0.25) is 0 Å². The van der Waals surface area contributed by atoms with Crippen molar-refractivity contribution in [3.63, 3.8) is 0 Å². The summed E-state index contributed by atoms with van der Waals surface area (Å²) in [5.41, 5.74) is 0.910. The number of hydrogen-bond acceptors (Lipinski definition) is 7. The summed E-state index contributed by atoms with van der Waals surface area (Å²) >= 11 is 1.63. The van der Waals surface area contributed by atoms with Gasteiger partial charge in [0.2, 0.25) is 11.9 Å². The monoisotopic (exact) mass is 397 g/mol. The number of imidazole rings is 1. The first-order chi connectivity index (χ1) is 13.6. The van der Waals surface area contributed by atoms with Crippen LogP contribution in [-0.2, 0) is 11.8 Å². The number of anilines is 3. The molecule has 0 unspecified atom stereocenters. The molecule has 3 aromatic heterocycles. The van der Waals surface area contributed by atoms with Crippen LogP contribution in [-0.4, -0.2) is 37.5 Å². The Morgan fingerprint density at radius 2 is 2.07 bits per heavy atom. The fourth-order valence-corrected chi connectivity index (χ4v) is 4.23. The van der Waals surface area contributed by atoms with Crippen LogP contribution in [0.4, 0.5) is 17.6 Å². The molecule has 0 radical (unpaired) electrons. The predicted octanol–water partition coefficient (Wildman–Crippen LogP) is 3.19. The van der Waals surface area contributed by atoms with E-state index in [0.29, 0.717) is 17.8 Å². The van der Waals surface area contributed by atoms with E-state index in [1.807, 2.05) is 29.3 Å². The van der Waals surface area contributed by atoms with Crippen molar-refractivity contribution in [1.82, 2.24) is 24.8 Å². The first-order valence-corrected chi connectivity index (χ1v) is 10.2. The molecule has 3 aromatic rings. The maximum absolute atomic E-state index is 11.5. The van der Waals surface area contributed by atoms with E-state index in [4.69, 9.17) is 4.98 Å². The molecule has 3 N–H and O–H groups in total. The molecule has 3 heterocycles. The maximum Gasteiger partial charge on any atom is 0.243 e. The molecule has 4 rings (SSSR count). The molecule has 1 saturated carbocycles. The highest BCUT2D eigenvalue weighted by atomic mass is 32.1. The van der Waals surface area contributed by atoms with Gasteiger partial charge in [0.05, 0.1) is 16.5 Å². The van der Waals surface area contributed by atoms with Crippen molar-refractivity contribution in [3.05, 3.63) is 36.6 Å². The van der Waals surface area contributed by atoms with Gasteiger partial charge in [-0.25, -0.2) is 9.97 Å². The summed E-state index contributed by atoms with van der Waals surface area (Å²) < 4.78 is 2.92. The Balaban J connectivity index is 1.47. The highest BCUT2D eigenvalue weighted by Gasteiger charge is 2.23. The van der Waals surface area contributed by atoms with Gasteiger partial charge >= 0.3 is 0 Å². The van der Waals surface area contributed by atoms with Crippen LogP contribution in [0.15, 0.2) is 36.6 Å². The lowest BCUT2D eigenvalue weighted by Crippen LogP contribution is -2.39. The smallest absolute Gasteiger partial charge is 0.243 e. The molecule has 0 aliphatic heterocycles. The minimum atomic E-state index is -0.0993. The van der Waals surface area contributed by atoms with Gasteiger partial charge in [-0.3, -0.25) is 4.79 Å². The Morgan fingerprint density at radius 1 is 1.29 bits per heavy atom. The van der Waals surface area contributed by atoms with E-state index in [9.17, 15) is 4.79 Å². The summed E-state index contributed by atoms with van der Waals surface area (Å²) in [5, 5.41) is 11.8. The molecule has 146 valence electrons. The van der Waals surface area contributed by atoms with Gasteiger partial charge in [-0.15, -0.1) is 11.3 Å². The molecule has 0 aromatic carbocycles.